The average molecular weight is 372 g/mol. The lowest BCUT2D eigenvalue weighted by Crippen LogP contribution is -2.27. The first kappa shape index (κ1) is 17.2. The van der Waals surface area contributed by atoms with Gasteiger partial charge in [0.05, 0.1) is 15.0 Å². The summed E-state index contributed by atoms with van der Waals surface area (Å²) < 4.78 is 5.84. The molecule has 0 saturated carbocycles. The molecule has 1 aromatic rings. The normalized spacial score (nSPS) is 16.3. The molecule has 0 aromatic heterocycles. The number of likely N-dealkylation sites (N-methyl/N-ethyl adjacent to an activating group) is 1. The van der Waals surface area contributed by atoms with Gasteiger partial charge in [-0.05, 0) is 30.7 Å². The predicted octanol–water partition coefficient (Wildman–Crippen LogP) is 4.23. The van der Waals surface area contributed by atoms with Gasteiger partial charge in [0.1, 0.15) is 10.9 Å². The second-order valence-electron chi connectivity index (χ2n) is 4.23. The first-order chi connectivity index (χ1) is 10.5. The fourth-order valence-electron chi connectivity index (χ4n) is 1.84. The second kappa shape index (κ2) is 7.38. The number of rotatable bonds is 4. The van der Waals surface area contributed by atoms with Crippen molar-refractivity contribution in [3.8, 4) is 18.1 Å². The lowest BCUT2D eigenvalue weighted by atomic mass is 10.2. The molecule has 0 unspecified atom stereocenters. The number of carbonyl (C=O) groups excluding carboxylic acids is 1. The summed E-state index contributed by atoms with van der Waals surface area (Å²) in [6, 6.07) is 3.33. The highest BCUT2D eigenvalue weighted by Gasteiger charge is 2.30. The van der Waals surface area contributed by atoms with Gasteiger partial charge in [-0.25, -0.2) is 0 Å². The minimum absolute atomic E-state index is 0.0773. The van der Waals surface area contributed by atoms with Crippen molar-refractivity contribution in [3.05, 3.63) is 32.6 Å². The number of terminal acetylenes is 1. The quantitative estimate of drug-likeness (QED) is 0.450. The molecule has 0 N–H and O–H groups in total. The van der Waals surface area contributed by atoms with E-state index in [1.165, 1.54) is 11.8 Å². The Bertz CT molecular complexity index is 687. The Morgan fingerprint density at radius 2 is 2.09 bits per heavy atom. The summed E-state index contributed by atoms with van der Waals surface area (Å²) in [5, 5.41) is 0.667. The minimum Gasteiger partial charge on any atom is -0.478 e. The number of amides is 1. The van der Waals surface area contributed by atoms with E-state index < -0.39 is 0 Å². The number of carbonyl (C=O) groups is 1. The summed E-state index contributed by atoms with van der Waals surface area (Å²) in [5.41, 5.74) is 0.694. The Kier molecular flexibility index (Phi) is 5.76. The van der Waals surface area contributed by atoms with E-state index in [9.17, 15) is 4.79 Å². The smallest absolute Gasteiger partial charge is 0.266 e. The van der Waals surface area contributed by atoms with E-state index >= 15 is 0 Å². The Balaban J connectivity index is 2.32. The minimum atomic E-state index is -0.114. The molecule has 3 nitrogen and oxygen atoms in total. The standard InChI is InChI=1S/C15H11Cl2NO2S2/c1-3-5-20-13-10(16)6-9(7-11(13)17)8-12-14(19)18(4-2)15(21)22-12/h1,6-8H,4-5H2,2H3/b12-8-. The number of nitrogens with zero attached hydrogens (tertiary/aromatic N) is 1. The molecule has 1 aliphatic rings. The predicted molar refractivity (Wildman–Crippen MR) is 96.3 cm³/mol. The van der Waals surface area contributed by atoms with Gasteiger partial charge < -0.3 is 4.74 Å². The van der Waals surface area contributed by atoms with Crippen LogP contribution in [0.15, 0.2) is 17.0 Å². The Morgan fingerprint density at radius 3 is 2.59 bits per heavy atom. The van der Waals surface area contributed by atoms with Crippen molar-refractivity contribution in [1.82, 2.24) is 4.90 Å². The molecule has 22 heavy (non-hydrogen) atoms. The molecule has 0 atom stereocenters. The monoisotopic (exact) mass is 371 g/mol. The number of hydrogen-bond donors (Lipinski definition) is 0. The van der Waals surface area contributed by atoms with Crippen molar-refractivity contribution >= 4 is 63.5 Å². The third kappa shape index (κ3) is 3.58. The topological polar surface area (TPSA) is 29.5 Å². The molecule has 0 bridgehead atoms. The van der Waals surface area contributed by atoms with Crippen LogP contribution in [0, 0.1) is 12.3 Å². The van der Waals surface area contributed by atoms with Crippen molar-refractivity contribution in [2.75, 3.05) is 13.2 Å². The fraction of sp³-hybridized carbons (Fsp3) is 0.200. The van der Waals surface area contributed by atoms with Gasteiger partial charge in [0.25, 0.3) is 5.91 Å². The maximum Gasteiger partial charge on any atom is 0.266 e. The molecule has 114 valence electrons. The maximum absolute atomic E-state index is 12.2. The van der Waals surface area contributed by atoms with Crippen LogP contribution < -0.4 is 4.74 Å². The van der Waals surface area contributed by atoms with Gasteiger partial charge in [0, 0.05) is 6.54 Å². The Labute approximate surface area is 148 Å². The summed E-state index contributed by atoms with van der Waals surface area (Å²) in [6.45, 7) is 2.50. The van der Waals surface area contributed by atoms with Gasteiger partial charge in [0.15, 0.2) is 5.75 Å². The van der Waals surface area contributed by atoms with Crippen molar-refractivity contribution in [2.45, 2.75) is 6.92 Å². The van der Waals surface area contributed by atoms with E-state index in [-0.39, 0.29) is 12.5 Å². The molecule has 0 spiro atoms. The molecule has 7 heteroatoms. The van der Waals surface area contributed by atoms with Crippen LogP contribution in [-0.4, -0.2) is 28.3 Å². The van der Waals surface area contributed by atoms with Gasteiger partial charge in [-0.15, -0.1) is 6.42 Å². The van der Waals surface area contributed by atoms with E-state index in [0.29, 0.717) is 37.1 Å². The first-order valence-electron chi connectivity index (χ1n) is 6.28. The summed E-state index contributed by atoms with van der Waals surface area (Å²) in [6.07, 6.45) is 6.85. The SMILES string of the molecule is C#CCOc1c(Cl)cc(/C=C2\SC(=S)N(CC)C2=O)cc1Cl. The zero-order chi connectivity index (χ0) is 16.3. The van der Waals surface area contributed by atoms with Crippen molar-refractivity contribution in [2.24, 2.45) is 0 Å². The van der Waals surface area contributed by atoms with E-state index in [4.69, 9.17) is 46.6 Å². The van der Waals surface area contributed by atoms with Crippen LogP contribution in [0.25, 0.3) is 6.08 Å². The van der Waals surface area contributed by atoms with Crippen LogP contribution in [0.4, 0.5) is 0 Å². The highest BCUT2D eigenvalue weighted by atomic mass is 35.5. The molecule has 1 fully saturated rings. The summed E-state index contributed by atoms with van der Waals surface area (Å²) in [7, 11) is 0. The summed E-state index contributed by atoms with van der Waals surface area (Å²) in [5.74, 6) is 2.57. The van der Waals surface area contributed by atoms with E-state index in [2.05, 4.69) is 5.92 Å². The molecule has 1 amide bonds. The maximum atomic E-state index is 12.2. The molecule has 1 saturated heterocycles. The van der Waals surface area contributed by atoms with Crippen LogP contribution in [0.1, 0.15) is 12.5 Å². The number of benzene rings is 1. The van der Waals surface area contributed by atoms with Crippen LogP contribution in [0.2, 0.25) is 10.0 Å². The highest BCUT2D eigenvalue weighted by Crippen LogP contribution is 2.37. The van der Waals surface area contributed by atoms with E-state index in [1.807, 2.05) is 6.92 Å². The Hall–Kier alpha value is -1.19. The molecule has 2 rings (SSSR count). The summed E-state index contributed by atoms with van der Waals surface area (Å²) in [4.78, 5) is 14.2. The van der Waals surface area contributed by atoms with E-state index in [0.717, 1.165) is 0 Å². The van der Waals surface area contributed by atoms with Gasteiger partial charge in [-0.1, -0.05) is 53.1 Å². The number of hydrogen-bond acceptors (Lipinski definition) is 4. The zero-order valence-electron chi connectivity index (χ0n) is 11.6. The number of halogens is 2. The molecule has 0 aliphatic carbocycles. The van der Waals surface area contributed by atoms with Gasteiger partial charge in [-0.2, -0.15) is 0 Å². The first-order valence-corrected chi connectivity index (χ1v) is 8.26. The molecule has 0 radical (unpaired) electrons. The van der Waals surface area contributed by atoms with Gasteiger partial charge in [-0.3, -0.25) is 9.69 Å². The number of thioether (sulfide) groups is 1. The van der Waals surface area contributed by atoms with Gasteiger partial charge >= 0.3 is 0 Å². The zero-order valence-corrected chi connectivity index (χ0v) is 14.7. The molecule has 1 heterocycles. The van der Waals surface area contributed by atoms with Crippen molar-refractivity contribution in [3.63, 3.8) is 0 Å². The number of thiocarbonyl (C=S) groups is 1. The Morgan fingerprint density at radius 1 is 1.45 bits per heavy atom. The van der Waals surface area contributed by atoms with Gasteiger partial charge in [0.2, 0.25) is 0 Å². The third-order valence-corrected chi connectivity index (χ3v) is 4.75. The van der Waals surface area contributed by atoms with Crippen LogP contribution in [0.5, 0.6) is 5.75 Å². The van der Waals surface area contributed by atoms with Crippen molar-refractivity contribution in [1.29, 1.82) is 0 Å². The van der Waals surface area contributed by atoms with E-state index in [1.54, 1.807) is 23.1 Å². The van der Waals surface area contributed by atoms with Crippen LogP contribution in [-0.2, 0) is 4.79 Å². The molecular weight excluding hydrogens is 361 g/mol. The fourth-order valence-corrected chi connectivity index (χ4v) is 3.84. The average Bonchev–Trinajstić information content (AvgIpc) is 2.72. The number of ether oxygens (including phenoxy) is 1. The third-order valence-electron chi connectivity index (χ3n) is 2.81. The van der Waals surface area contributed by atoms with Crippen molar-refractivity contribution < 1.29 is 9.53 Å². The van der Waals surface area contributed by atoms with Crippen LogP contribution >= 0.6 is 47.2 Å². The molecule has 1 aromatic carbocycles. The summed E-state index contributed by atoms with van der Waals surface area (Å²) >= 11 is 18.7. The largest absolute Gasteiger partial charge is 0.478 e. The lowest BCUT2D eigenvalue weighted by molar-refractivity contribution is -0.121. The molecular formula is C15H11Cl2NO2S2. The highest BCUT2D eigenvalue weighted by molar-refractivity contribution is 8.26. The lowest BCUT2D eigenvalue weighted by Gasteiger charge is -2.10. The second-order valence-corrected chi connectivity index (χ2v) is 6.72. The molecule has 1 aliphatic heterocycles. The van der Waals surface area contributed by atoms with Crippen LogP contribution in [0.3, 0.4) is 0 Å².